The molecule has 1 aliphatic rings. The van der Waals surface area contributed by atoms with Crippen molar-refractivity contribution < 1.29 is 14.6 Å². The molecule has 1 N–H and O–H groups in total. The number of rotatable bonds is 5. The quantitative estimate of drug-likeness (QED) is 0.524. The summed E-state index contributed by atoms with van der Waals surface area (Å²) in [6.07, 6.45) is 3.43. The molecule has 29 heavy (non-hydrogen) atoms. The smallest absolute Gasteiger partial charge is 0.154 e. The Morgan fingerprint density at radius 2 is 1.72 bits per heavy atom. The van der Waals surface area contributed by atoms with Crippen molar-refractivity contribution in [1.29, 1.82) is 0 Å². The third-order valence-electron chi connectivity index (χ3n) is 5.42. The van der Waals surface area contributed by atoms with Gasteiger partial charge in [0.05, 0.1) is 5.56 Å². The first-order valence-electron chi connectivity index (χ1n) is 10.3. The average Bonchev–Trinajstić information content (AvgIpc) is 3.25. The van der Waals surface area contributed by atoms with Crippen LogP contribution in [-0.2, 0) is 19.4 Å². The summed E-state index contributed by atoms with van der Waals surface area (Å²) in [6.45, 7) is 6.54. The van der Waals surface area contributed by atoms with E-state index < -0.39 is 0 Å². The van der Waals surface area contributed by atoms with Crippen LogP contribution in [0.25, 0.3) is 11.1 Å². The fraction of sp³-hybridized carbons (Fsp3) is 0.269. The van der Waals surface area contributed by atoms with Crippen LogP contribution in [0.4, 0.5) is 0 Å². The van der Waals surface area contributed by atoms with Crippen molar-refractivity contribution in [3.8, 4) is 22.6 Å². The van der Waals surface area contributed by atoms with Crippen molar-refractivity contribution in [3.05, 3.63) is 82.4 Å². The van der Waals surface area contributed by atoms with Crippen LogP contribution in [0.1, 0.15) is 52.9 Å². The molecule has 0 aliphatic heterocycles. The van der Waals surface area contributed by atoms with Gasteiger partial charge in [-0.15, -0.1) is 0 Å². The van der Waals surface area contributed by atoms with Gasteiger partial charge in [-0.2, -0.15) is 0 Å². The van der Waals surface area contributed by atoms with E-state index in [-0.39, 0.29) is 5.75 Å². The lowest BCUT2D eigenvalue weighted by Gasteiger charge is -2.16. The molecule has 0 unspecified atom stereocenters. The highest BCUT2D eigenvalue weighted by molar-refractivity contribution is 5.83. The topological polar surface area (TPSA) is 46.5 Å². The van der Waals surface area contributed by atoms with Crippen LogP contribution >= 0.6 is 0 Å². The van der Waals surface area contributed by atoms with Crippen LogP contribution in [0.15, 0.2) is 54.6 Å². The number of carbonyl (C=O) groups excluding carboxylic acids is 1. The van der Waals surface area contributed by atoms with Crippen LogP contribution in [0.3, 0.4) is 0 Å². The van der Waals surface area contributed by atoms with Gasteiger partial charge >= 0.3 is 0 Å². The highest BCUT2D eigenvalue weighted by Gasteiger charge is 2.22. The largest absolute Gasteiger partial charge is 0.507 e. The molecule has 1 aliphatic carbocycles. The summed E-state index contributed by atoms with van der Waals surface area (Å²) in [7, 11) is 0. The minimum atomic E-state index is 0.00964. The van der Waals surface area contributed by atoms with Gasteiger partial charge in [-0.1, -0.05) is 62.4 Å². The van der Waals surface area contributed by atoms with Crippen molar-refractivity contribution in [3.63, 3.8) is 0 Å². The monoisotopic (exact) mass is 388 g/mol. The van der Waals surface area contributed by atoms with E-state index in [4.69, 9.17) is 4.74 Å². The zero-order valence-corrected chi connectivity index (χ0v) is 17.4. The molecule has 0 heterocycles. The molecule has 0 saturated carbocycles. The molecule has 0 amide bonds. The van der Waals surface area contributed by atoms with Crippen molar-refractivity contribution in [1.82, 2.24) is 0 Å². The maximum atomic E-state index is 11.3. The standard InChI is InChI=1S/C24H22O3.C2H6/c1-16-18(9-5-10-19(16)17-7-3-2-4-8-17)15-27-24-13-23(26)22(14-25)20-11-6-12-21(20)24;1-2/h2-5,7-10,13-14,26H,6,11-12,15H2,1H3;1-2H3. The van der Waals surface area contributed by atoms with Crippen molar-refractivity contribution >= 4 is 6.29 Å². The Balaban J connectivity index is 0.00000117. The van der Waals surface area contributed by atoms with Crippen LogP contribution in [-0.4, -0.2) is 11.4 Å². The van der Waals surface area contributed by atoms with E-state index in [0.717, 1.165) is 42.2 Å². The SMILES string of the molecule is CC.Cc1c(COc2cc(O)c(C=O)c3c2CCC3)cccc1-c1ccccc1. The third-order valence-corrected chi connectivity index (χ3v) is 5.42. The first-order valence-corrected chi connectivity index (χ1v) is 10.3. The van der Waals surface area contributed by atoms with E-state index in [1.54, 1.807) is 6.07 Å². The van der Waals surface area contributed by atoms with Gasteiger partial charge in [0.2, 0.25) is 0 Å². The van der Waals surface area contributed by atoms with Gasteiger partial charge in [-0.25, -0.2) is 0 Å². The first-order chi connectivity index (χ1) is 14.2. The molecule has 3 aromatic carbocycles. The predicted molar refractivity (Wildman–Crippen MR) is 118 cm³/mol. The highest BCUT2D eigenvalue weighted by Crippen LogP contribution is 2.38. The molecule has 0 saturated heterocycles. The minimum absolute atomic E-state index is 0.00964. The average molecular weight is 389 g/mol. The van der Waals surface area contributed by atoms with Crippen LogP contribution in [0, 0.1) is 6.92 Å². The van der Waals surface area contributed by atoms with Gasteiger partial charge in [0, 0.05) is 6.07 Å². The van der Waals surface area contributed by atoms with Gasteiger partial charge in [-0.3, -0.25) is 4.79 Å². The second-order valence-corrected chi connectivity index (χ2v) is 6.98. The molecule has 0 fully saturated rings. The van der Waals surface area contributed by atoms with E-state index in [1.807, 2.05) is 38.1 Å². The highest BCUT2D eigenvalue weighted by atomic mass is 16.5. The first kappa shape index (κ1) is 20.7. The molecule has 150 valence electrons. The maximum Gasteiger partial charge on any atom is 0.154 e. The number of hydrogen-bond acceptors (Lipinski definition) is 3. The number of fused-ring (bicyclic) bond motifs is 1. The Hall–Kier alpha value is -3.07. The van der Waals surface area contributed by atoms with E-state index in [9.17, 15) is 9.90 Å². The summed E-state index contributed by atoms with van der Waals surface area (Å²) in [5.41, 5.74) is 7.10. The van der Waals surface area contributed by atoms with Crippen LogP contribution < -0.4 is 4.74 Å². The number of aldehydes is 1. The summed E-state index contributed by atoms with van der Waals surface area (Å²) in [5, 5.41) is 10.2. The predicted octanol–water partition coefficient (Wildman–Crippen LogP) is 6.27. The Morgan fingerprint density at radius 1 is 1.00 bits per heavy atom. The molecule has 3 heteroatoms. The van der Waals surface area contributed by atoms with Crippen LogP contribution in [0.2, 0.25) is 0 Å². The molecule has 3 nitrogen and oxygen atoms in total. The Kier molecular flexibility index (Phi) is 6.71. The molecule has 0 spiro atoms. The molecular formula is C26H28O3. The number of aromatic hydroxyl groups is 1. The lowest BCUT2D eigenvalue weighted by atomic mass is 9.97. The molecule has 0 atom stereocenters. The Bertz CT molecular complexity index is 991. The van der Waals surface area contributed by atoms with E-state index >= 15 is 0 Å². The maximum absolute atomic E-state index is 11.3. The number of benzene rings is 3. The number of hydrogen-bond donors (Lipinski definition) is 1. The second-order valence-electron chi connectivity index (χ2n) is 6.98. The summed E-state index contributed by atoms with van der Waals surface area (Å²) in [6, 6.07) is 18.1. The summed E-state index contributed by atoms with van der Waals surface area (Å²) < 4.78 is 6.11. The number of carbonyl (C=O) groups is 1. The minimum Gasteiger partial charge on any atom is -0.507 e. The Labute approximate surface area is 173 Å². The van der Waals surface area contributed by atoms with Crippen LogP contribution in [0.5, 0.6) is 11.5 Å². The van der Waals surface area contributed by atoms with Crippen molar-refractivity contribution in [2.45, 2.75) is 46.6 Å². The number of phenolic OH excluding ortho intramolecular Hbond substituents is 1. The number of phenols is 1. The second kappa shape index (κ2) is 9.42. The normalized spacial score (nSPS) is 12.0. The zero-order valence-electron chi connectivity index (χ0n) is 17.4. The number of ether oxygens (including phenoxy) is 1. The van der Waals surface area contributed by atoms with Gasteiger partial charge < -0.3 is 9.84 Å². The fourth-order valence-electron chi connectivity index (χ4n) is 3.94. The summed E-state index contributed by atoms with van der Waals surface area (Å²) in [4.78, 5) is 11.3. The molecule has 0 aromatic heterocycles. The Morgan fingerprint density at radius 3 is 2.45 bits per heavy atom. The van der Waals surface area contributed by atoms with Gasteiger partial charge in [0.15, 0.2) is 6.29 Å². The molecule has 3 aromatic rings. The molecule has 0 radical (unpaired) electrons. The van der Waals surface area contributed by atoms with E-state index in [2.05, 4.69) is 31.2 Å². The summed E-state index contributed by atoms with van der Waals surface area (Å²) >= 11 is 0. The zero-order chi connectivity index (χ0) is 20.8. The third kappa shape index (κ3) is 4.19. The fourth-order valence-corrected chi connectivity index (χ4v) is 3.94. The lowest BCUT2D eigenvalue weighted by molar-refractivity contribution is 0.112. The molecule has 4 rings (SSSR count). The lowest BCUT2D eigenvalue weighted by Crippen LogP contribution is -2.03. The van der Waals surface area contributed by atoms with Crippen molar-refractivity contribution in [2.75, 3.05) is 0 Å². The molecule has 0 bridgehead atoms. The van der Waals surface area contributed by atoms with E-state index in [1.165, 1.54) is 16.7 Å². The van der Waals surface area contributed by atoms with Gasteiger partial charge in [0.25, 0.3) is 0 Å². The van der Waals surface area contributed by atoms with Gasteiger partial charge in [0.1, 0.15) is 18.1 Å². The summed E-state index contributed by atoms with van der Waals surface area (Å²) in [5.74, 6) is 0.700. The van der Waals surface area contributed by atoms with Gasteiger partial charge in [-0.05, 0) is 59.6 Å². The van der Waals surface area contributed by atoms with E-state index in [0.29, 0.717) is 17.9 Å². The molecular weight excluding hydrogens is 360 g/mol. The van der Waals surface area contributed by atoms with Crippen molar-refractivity contribution in [2.24, 2.45) is 0 Å².